The molecule has 0 amide bonds. The maximum absolute atomic E-state index is 5.70. The van der Waals surface area contributed by atoms with E-state index in [1.807, 2.05) is 7.05 Å². The van der Waals surface area contributed by atoms with Gasteiger partial charge in [-0.2, -0.15) is 0 Å². The number of nitrogens with one attached hydrogen (secondary N) is 1. The van der Waals surface area contributed by atoms with Crippen LogP contribution in [-0.2, 0) is 16.7 Å². The van der Waals surface area contributed by atoms with Gasteiger partial charge in [0.25, 0.3) is 0 Å². The summed E-state index contributed by atoms with van der Waals surface area (Å²) < 4.78 is 11.1. The van der Waals surface area contributed by atoms with Crippen molar-refractivity contribution < 1.29 is 9.47 Å². The third-order valence-corrected chi connectivity index (χ3v) is 6.87. The lowest BCUT2D eigenvalue weighted by atomic mass is 9.74. The zero-order chi connectivity index (χ0) is 22.2. The molecule has 2 saturated heterocycles. The average molecular weight is 437 g/mol. The van der Waals surface area contributed by atoms with E-state index in [2.05, 4.69) is 74.7 Å². The third-order valence-electron chi connectivity index (χ3n) is 6.87. The van der Waals surface area contributed by atoms with Crippen molar-refractivity contribution in [2.24, 2.45) is 4.99 Å². The summed E-state index contributed by atoms with van der Waals surface area (Å²) in [6.45, 7) is 7.55. The minimum absolute atomic E-state index is 0.0512. The SMILES string of the molecule is CN=C(NCC1(c2ccc(OC)cc2)CCOCC1)N1CCN(Cc2ccccc2)CC1. The molecule has 4 rings (SSSR count). The zero-order valence-electron chi connectivity index (χ0n) is 19.4. The Morgan fingerprint density at radius 3 is 2.31 bits per heavy atom. The number of aliphatic imine (C=N–C) groups is 1. The number of guanidine groups is 1. The Kier molecular flexibility index (Phi) is 7.66. The van der Waals surface area contributed by atoms with Gasteiger partial charge in [-0.3, -0.25) is 9.89 Å². The minimum Gasteiger partial charge on any atom is -0.497 e. The number of benzene rings is 2. The molecule has 2 aliphatic rings. The monoisotopic (exact) mass is 436 g/mol. The molecule has 6 heteroatoms. The Hall–Kier alpha value is -2.57. The number of ether oxygens (including phenoxy) is 2. The van der Waals surface area contributed by atoms with Crippen molar-refractivity contribution in [3.8, 4) is 5.75 Å². The first-order valence-electron chi connectivity index (χ1n) is 11.7. The van der Waals surface area contributed by atoms with E-state index in [-0.39, 0.29) is 5.41 Å². The van der Waals surface area contributed by atoms with E-state index < -0.39 is 0 Å². The largest absolute Gasteiger partial charge is 0.497 e. The van der Waals surface area contributed by atoms with E-state index in [1.165, 1.54) is 11.1 Å². The fourth-order valence-corrected chi connectivity index (χ4v) is 4.81. The lowest BCUT2D eigenvalue weighted by Gasteiger charge is -2.40. The molecular formula is C26H36N4O2. The summed E-state index contributed by atoms with van der Waals surface area (Å²) in [5, 5.41) is 3.71. The number of hydrogen-bond acceptors (Lipinski definition) is 4. The number of methoxy groups -OCH3 is 1. The highest BCUT2D eigenvalue weighted by atomic mass is 16.5. The molecule has 2 heterocycles. The van der Waals surface area contributed by atoms with Crippen molar-refractivity contribution in [3.63, 3.8) is 0 Å². The molecule has 0 atom stereocenters. The second-order valence-corrected chi connectivity index (χ2v) is 8.77. The molecule has 0 aliphatic carbocycles. The topological polar surface area (TPSA) is 49.3 Å². The van der Waals surface area contributed by atoms with Crippen molar-refractivity contribution in [2.45, 2.75) is 24.8 Å². The maximum atomic E-state index is 5.70. The van der Waals surface area contributed by atoms with Crippen LogP contribution in [0.3, 0.4) is 0 Å². The zero-order valence-corrected chi connectivity index (χ0v) is 19.4. The maximum Gasteiger partial charge on any atom is 0.193 e. The standard InChI is InChI=1S/C26H36N4O2/c1-27-25(30-16-14-29(15-17-30)20-22-6-4-3-5-7-22)28-21-26(12-18-32-19-13-26)23-8-10-24(31-2)11-9-23/h3-11H,12-21H2,1-2H3,(H,27,28). The van der Waals surface area contributed by atoms with Gasteiger partial charge in [-0.25, -0.2) is 0 Å². The summed E-state index contributed by atoms with van der Waals surface area (Å²) in [7, 11) is 3.60. The first-order valence-corrected chi connectivity index (χ1v) is 11.7. The van der Waals surface area contributed by atoms with Crippen LogP contribution in [0, 0.1) is 0 Å². The van der Waals surface area contributed by atoms with E-state index >= 15 is 0 Å². The van der Waals surface area contributed by atoms with Gasteiger partial charge >= 0.3 is 0 Å². The predicted octanol–water partition coefficient (Wildman–Crippen LogP) is 3.14. The predicted molar refractivity (Wildman–Crippen MR) is 129 cm³/mol. The minimum atomic E-state index is 0.0512. The molecule has 32 heavy (non-hydrogen) atoms. The molecule has 6 nitrogen and oxygen atoms in total. The van der Waals surface area contributed by atoms with Crippen LogP contribution in [0.5, 0.6) is 5.75 Å². The molecule has 0 unspecified atom stereocenters. The van der Waals surface area contributed by atoms with Crippen LogP contribution in [0.4, 0.5) is 0 Å². The Bertz CT molecular complexity index is 855. The molecule has 2 aliphatic heterocycles. The second-order valence-electron chi connectivity index (χ2n) is 8.77. The van der Waals surface area contributed by atoms with Crippen LogP contribution < -0.4 is 10.1 Å². The first kappa shape index (κ1) is 22.6. The summed E-state index contributed by atoms with van der Waals surface area (Å²) in [6, 6.07) is 19.3. The van der Waals surface area contributed by atoms with Crippen LogP contribution >= 0.6 is 0 Å². The number of piperazine rings is 1. The van der Waals surface area contributed by atoms with E-state index in [4.69, 9.17) is 9.47 Å². The number of nitrogens with zero attached hydrogens (tertiary/aromatic N) is 3. The van der Waals surface area contributed by atoms with E-state index in [0.717, 1.165) is 77.0 Å². The van der Waals surface area contributed by atoms with Gasteiger partial charge in [0.05, 0.1) is 7.11 Å². The molecular weight excluding hydrogens is 400 g/mol. The van der Waals surface area contributed by atoms with Gasteiger partial charge in [-0.05, 0) is 36.1 Å². The van der Waals surface area contributed by atoms with Crippen molar-refractivity contribution >= 4 is 5.96 Å². The molecule has 1 N–H and O–H groups in total. The quantitative estimate of drug-likeness (QED) is 0.557. The van der Waals surface area contributed by atoms with Crippen molar-refractivity contribution in [3.05, 3.63) is 65.7 Å². The lowest BCUT2D eigenvalue weighted by molar-refractivity contribution is 0.0510. The fraction of sp³-hybridized carbons (Fsp3) is 0.500. The van der Waals surface area contributed by atoms with E-state index in [9.17, 15) is 0 Å². The molecule has 2 aromatic carbocycles. The normalized spacial score (nSPS) is 19.6. The third kappa shape index (κ3) is 5.43. The summed E-state index contributed by atoms with van der Waals surface area (Å²) in [4.78, 5) is 9.53. The van der Waals surface area contributed by atoms with Crippen molar-refractivity contribution in [1.29, 1.82) is 0 Å². The molecule has 0 bridgehead atoms. The van der Waals surface area contributed by atoms with Crippen LogP contribution in [0.15, 0.2) is 59.6 Å². The van der Waals surface area contributed by atoms with Crippen LogP contribution in [0.25, 0.3) is 0 Å². The van der Waals surface area contributed by atoms with E-state index in [0.29, 0.717) is 0 Å². The molecule has 0 aromatic heterocycles. The fourth-order valence-electron chi connectivity index (χ4n) is 4.81. The second kappa shape index (κ2) is 10.8. The number of hydrogen-bond donors (Lipinski definition) is 1. The summed E-state index contributed by atoms with van der Waals surface area (Å²) >= 11 is 0. The summed E-state index contributed by atoms with van der Waals surface area (Å²) in [6.07, 6.45) is 2.02. The summed E-state index contributed by atoms with van der Waals surface area (Å²) in [5.74, 6) is 1.90. The molecule has 2 aromatic rings. The van der Waals surface area contributed by atoms with Crippen LogP contribution in [0.2, 0.25) is 0 Å². The molecule has 2 fully saturated rings. The molecule has 0 spiro atoms. The Labute approximate surface area is 192 Å². The van der Waals surface area contributed by atoms with Gasteiger partial charge < -0.3 is 19.7 Å². The Balaban J connectivity index is 1.36. The van der Waals surface area contributed by atoms with Crippen molar-refractivity contribution in [1.82, 2.24) is 15.1 Å². The lowest BCUT2D eigenvalue weighted by Crippen LogP contribution is -2.54. The van der Waals surface area contributed by atoms with Gasteiger partial charge in [-0.1, -0.05) is 42.5 Å². The van der Waals surface area contributed by atoms with Gasteiger partial charge in [0.2, 0.25) is 0 Å². The highest BCUT2D eigenvalue weighted by molar-refractivity contribution is 5.80. The first-order chi connectivity index (χ1) is 15.7. The summed E-state index contributed by atoms with van der Waals surface area (Å²) in [5.41, 5.74) is 2.77. The Morgan fingerprint density at radius 1 is 1.00 bits per heavy atom. The van der Waals surface area contributed by atoms with Crippen molar-refractivity contribution in [2.75, 3.05) is 60.1 Å². The number of rotatable bonds is 6. The molecule has 0 radical (unpaired) electrons. The highest BCUT2D eigenvalue weighted by Gasteiger charge is 2.35. The van der Waals surface area contributed by atoms with E-state index in [1.54, 1.807) is 7.11 Å². The van der Waals surface area contributed by atoms with Gasteiger partial charge in [-0.15, -0.1) is 0 Å². The Morgan fingerprint density at radius 2 is 1.69 bits per heavy atom. The molecule has 0 saturated carbocycles. The van der Waals surface area contributed by atoms with Crippen LogP contribution in [-0.4, -0.2) is 75.9 Å². The van der Waals surface area contributed by atoms with Gasteiger partial charge in [0.15, 0.2) is 5.96 Å². The molecule has 172 valence electrons. The smallest absolute Gasteiger partial charge is 0.193 e. The van der Waals surface area contributed by atoms with Gasteiger partial charge in [0.1, 0.15) is 5.75 Å². The average Bonchev–Trinajstić information content (AvgIpc) is 2.86. The van der Waals surface area contributed by atoms with Crippen LogP contribution in [0.1, 0.15) is 24.0 Å². The highest BCUT2D eigenvalue weighted by Crippen LogP contribution is 2.35. The van der Waals surface area contributed by atoms with Gasteiger partial charge in [0, 0.05) is 64.9 Å².